The van der Waals surface area contributed by atoms with E-state index >= 15 is 0 Å². The molecule has 0 aromatic heterocycles. The molecule has 2 atom stereocenters. The van der Waals surface area contributed by atoms with Crippen molar-refractivity contribution < 1.29 is 9.53 Å². The van der Waals surface area contributed by atoms with Crippen molar-refractivity contribution in [1.29, 1.82) is 0 Å². The first-order valence-electron chi connectivity index (χ1n) is 9.31. The van der Waals surface area contributed by atoms with Crippen LogP contribution in [-0.2, 0) is 17.6 Å². The van der Waals surface area contributed by atoms with Crippen molar-refractivity contribution in [2.75, 3.05) is 0 Å². The minimum absolute atomic E-state index is 0.0325. The summed E-state index contributed by atoms with van der Waals surface area (Å²) in [5.41, 5.74) is 3.89. The highest BCUT2D eigenvalue weighted by Gasteiger charge is 2.21. The SMILES string of the molecule is CC[C@@H](Oc1ccc2c(c1)CCCC2)C(=O)N[C@H](C)c1ccccc1. The number of ether oxygens (including phenoxy) is 1. The maximum atomic E-state index is 12.6. The van der Waals surface area contributed by atoms with Crippen molar-refractivity contribution in [1.82, 2.24) is 5.32 Å². The summed E-state index contributed by atoms with van der Waals surface area (Å²) in [4.78, 5) is 12.6. The molecule has 0 bridgehead atoms. The predicted octanol–water partition coefficient (Wildman–Crippen LogP) is 4.60. The third kappa shape index (κ3) is 4.41. The number of aryl methyl sites for hydroxylation is 2. The quantitative estimate of drug-likeness (QED) is 0.836. The molecule has 2 aromatic carbocycles. The standard InChI is InChI=1S/C22H27NO2/c1-3-21(22(24)23-16(2)17-9-5-4-6-10-17)25-20-14-13-18-11-7-8-12-19(18)15-20/h4-6,9-10,13-16,21H,3,7-8,11-12H2,1-2H3,(H,23,24)/t16-,21-/m1/s1. The molecule has 25 heavy (non-hydrogen) atoms. The molecule has 0 spiro atoms. The second-order valence-corrected chi connectivity index (χ2v) is 6.79. The fourth-order valence-electron chi connectivity index (χ4n) is 3.40. The Morgan fingerprint density at radius 1 is 1.08 bits per heavy atom. The molecule has 1 aliphatic rings. The van der Waals surface area contributed by atoms with Crippen LogP contribution in [0.25, 0.3) is 0 Å². The first-order chi connectivity index (χ1) is 12.2. The van der Waals surface area contributed by atoms with Crippen LogP contribution in [0, 0.1) is 0 Å². The van der Waals surface area contributed by atoms with E-state index in [1.807, 2.05) is 50.2 Å². The summed E-state index contributed by atoms with van der Waals surface area (Å²) in [5.74, 6) is 0.742. The minimum atomic E-state index is -0.465. The van der Waals surface area contributed by atoms with E-state index in [4.69, 9.17) is 4.74 Å². The number of rotatable bonds is 6. The molecular weight excluding hydrogens is 310 g/mol. The molecule has 1 aliphatic carbocycles. The van der Waals surface area contributed by atoms with Crippen molar-refractivity contribution in [3.05, 3.63) is 65.2 Å². The van der Waals surface area contributed by atoms with Crippen molar-refractivity contribution in [2.45, 2.75) is 58.1 Å². The van der Waals surface area contributed by atoms with Gasteiger partial charge in [-0.3, -0.25) is 4.79 Å². The lowest BCUT2D eigenvalue weighted by atomic mass is 9.92. The highest BCUT2D eigenvalue weighted by Crippen LogP contribution is 2.26. The number of nitrogens with one attached hydrogen (secondary N) is 1. The molecule has 3 rings (SSSR count). The van der Waals surface area contributed by atoms with Crippen LogP contribution in [0.4, 0.5) is 0 Å². The number of fused-ring (bicyclic) bond motifs is 1. The summed E-state index contributed by atoms with van der Waals surface area (Å²) < 4.78 is 6.02. The molecular formula is C22H27NO2. The van der Waals surface area contributed by atoms with E-state index in [2.05, 4.69) is 17.4 Å². The van der Waals surface area contributed by atoms with E-state index in [0.717, 1.165) is 24.2 Å². The average Bonchev–Trinajstić information content (AvgIpc) is 2.66. The summed E-state index contributed by atoms with van der Waals surface area (Å²) in [6.07, 6.45) is 4.95. The number of amides is 1. The van der Waals surface area contributed by atoms with Crippen LogP contribution < -0.4 is 10.1 Å². The maximum absolute atomic E-state index is 12.6. The van der Waals surface area contributed by atoms with Gasteiger partial charge in [-0.1, -0.05) is 43.3 Å². The molecule has 0 heterocycles. The zero-order valence-electron chi connectivity index (χ0n) is 15.1. The fourth-order valence-corrected chi connectivity index (χ4v) is 3.40. The fraction of sp³-hybridized carbons (Fsp3) is 0.409. The Balaban J connectivity index is 1.64. The Morgan fingerprint density at radius 3 is 2.52 bits per heavy atom. The Bertz CT molecular complexity index is 711. The molecule has 0 saturated carbocycles. The van der Waals surface area contributed by atoms with Gasteiger partial charge >= 0.3 is 0 Å². The molecule has 0 unspecified atom stereocenters. The summed E-state index contributed by atoms with van der Waals surface area (Å²) in [6.45, 7) is 3.98. The van der Waals surface area contributed by atoms with E-state index in [-0.39, 0.29) is 11.9 Å². The van der Waals surface area contributed by atoms with Gasteiger partial charge in [0.15, 0.2) is 6.10 Å². The lowest BCUT2D eigenvalue weighted by Gasteiger charge is -2.22. The third-order valence-corrected chi connectivity index (χ3v) is 4.92. The lowest BCUT2D eigenvalue weighted by Crippen LogP contribution is -2.39. The lowest BCUT2D eigenvalue weighted by molar-refractivity contribution is -0.128. The van der Waals surface area contributed by atoms with E-state index in [1.54, 1.807) is 0 Å². The predicted molar refractivity (Wildman–Crippen MR) is 101 cm³/mol. The van der Waals surface area contributed by atoms with Crippen molar-refractivity contribution in [3.63, 3.8) is 0 Å². The van der Waals surface area contributed by atoms with Gasteiger partial charge in [0, 0.05) is 0 Å². The van der Waals surface area contributed by atoms with Gasteiger partial charge in [-0.25, -0.2) is 0 Å². The van der Waals surface area contributed by atoms with Crippen LogP contribution >= 0.6 is 0 Å². The Kier molecular flexibility index (Phi) is 5.75. The number of hydrogen-bond acceptors (Lipinski definition) is 2. The molecule has 0 radical (unpaired) electrons. The molecule has 0 saturated heterocycles. The Morgan fingerprint density at radius 2 is 1.80 bits per heavy atom. The second kappa shape index (κ2) is 8.19. The van der Waals surface area contributed by atoms with Gasteiger partial charge in [0.2, 0.25) is 0 Å². The van der Waals surface area contributed by atoms with E-state index in [0.29, 0.717) is 6.42 Å². The van der Waals surface area contributed by atoms with Gasteiger partial charge in [-0.05, 0) is 67.9 Å². The molecule has 0 fully saturated rings. The first-order valence-corrected chi connectivity index (χ1v) is 9.31. The topological polar surface area (TPSA) is 38.3 Å². The summed E-state index contributed by atoms with van der Waals surface area (Å²) in [5, 5.41) is 3.07. The summed E-state index contributed by atoms with van der Waals surface area (Å²) in [7, 11) is 0. The summed E-state index contributed by atoms with van der Waals surface area (Å²) >= 11 is 0. The molecule has 1 N–H and O–H groups in total. The van der Waals surface area contributed by atoms with Gasteiger partial charge in [-0.2, -0.15) is 0 Å². The monoisotopic (exact) mass is 337 g/mol. The van der Waals surface area contributed by atoms with Crippen LogP contribution in [0.15, 0.2) is 48.5 Å². The van der Waals surface area contributed by atoms with E-state index in [9.17, 15) is 4.79 Å². The molecule has 3 nitrogen and oxygen atoms in total. The molecule has 1 amide bonds. The van der Waals surface area contributed by atoms with Gasteiger partial charge in [0.1, 0.15) is 5.75 Å². The molecule has 2 aromatic rings. The van der Waals surface area contributed by atoms with Crippen LogP contribution in [0.5, 0.6) is 5.75 Å². The maximum Gasteiger partial charge on any atom is 0.261 e. The third-order valence-electron chi connectivity index (χ3n) is 4.92. The highest BCUT2D eigenvalue weighted by atomic mass is 16.5. The highest BCUT2D eigenvalue weighted by molar-refractivity contribution is 5.81. The minimum Gasteiger partial charge on any atom is -0.481 e. The van der Waals surface area contributed by atoms with Gasteiger partial charge in [0.25, 0.3) is 5.91 Å². The van der Waals surface area contributed by atoms with Crippen LogP contribution in [0.2, 0.25) is 0 Å². The van der Waals surface area contributed by atoms with Gasteiger partial charge in [0.05, 0.1) is 6.04 Å². The van der Waals surface area contributed by atoms with Crippen molar-refractivity contribution >= 4 is 5.91 Å². The number of benzene rings is 2. The first kappa shape index (κ1) is 17.5. The smallest absolute Gasteiger partial charge is 0.261 e. The van der Waals surface area contributed by atoms with Crippen molar-refractivity contribution in [2.24, 2.45) is 0 Å². The average molecular weight is 337 g/mol. The van der Waals surface area contributed by atoms with E-state index in [1.165, 1.54) is 24.0 Å². The Labute approximate surface area is 150 Å². The number of hydrogen-bond donors (Lipinski definition) is 1. The van der Waals surface area contributed by atoms with Crippen LogP contribution in [-0.4, -0.2) is 12.0 Å². The van der Waals surface area contributed by atoms with Gasteiger partial charge < -0.3 is 10.1 Å². The second-order valence-electron chi connectivity index (χ2n) is 6.79. The molecule has 132 valence electrons. The largest absolute Gasteiger partial charge is 0.481 e. The van der Waals surface area contributed by atoms with Crippen LogP contribution in [0.1, 0.15) is 55.8 Å². The van der Waals surface area contributed by atoms with Gasteiger partial charge in [-0.15, -0.1) is 0 Å². The molecule has 0 aliphatic heterocycles. The van der Waals surface area contributed by atoms with E-state index < -0.39 is 6.10 Å². The number of carbonyl (C=O) groups excluding carboxylic acids is 1. The Hall–Kier alpha value is -2.29. The molecule has 3 heteroatoms. The van der Waals surface area contributed by atoms with Crippen molar-refractivity contribution in [3.8, 4) is 5.75 Å². The number of carbonyl (C=O) groups is 1. The zero-order chi connectivity index (χ0) is 17.6. The normalized spacial score (nSPS) is 15.8. The van der Waals surface area contributed by atoms with Crippen LogP contribution in [0.3, 0.4) is 0 Å². The summed E-state index contributed by atoms with van der Waals surface area (Å²) in [6, 6.07) is 16.2. The zero-order valence-corrected chi connectivity index (χ0v) is 15.1.